The van der Waals surface area contributed by atoms with Crippen molar-refractivity contribution in [1.29, 1.82) is 0 Å². The van der Waals surface area contributed by atoms with Gasteiger partial charge in [-0.1, -0.05) is 6.07 Å². The number of benzene rings is 1. The monoisotopic (exact) mass is 234 g/mol. The lowest BCUT2D eigenvalue weighted by atomic mass is 10.3. The van der Waals surface area contributed by atoms with Crippen LogP contribution in [0.3, 0.4) is 0 Å². The minimum atomic E-state index is -0.298. The average molecular weight is 234 g/mol. The number of nitrogens with two attached hydrogens (primary N) is 1. The second-order valence-electron chi connectivity index (χ2n) is 3.37. The van der Waals surface area contributed by atoms with Crippen LogP contribution in [0, 0.1) is 5.82 Å². The first-order valence-electron chi connectivity index (χ1n) is 4.82. The molecule has 0 spiro atoms. The second-order valence-corrected chi connectivity index (χ2v) is 4.42. The van der Waals surface area contributed by atoms with Gasteiger partial charge in [-0.05, 0) is 29.8 Å². The zero-order valence-corrected chi connectivity index (χ0v) is 9.38. The molecule has 0 aliphatic heterocycles. The summed E-state index contributed by atoms with van der Waals surface area (Å²) in [6.07, 6.45) is 3.53. The minimum absolute atomic E-state index is 0.298. The molecule has 4 heteroatoms. The highest BCUT2D eigenvalue weighted by atomic mass is 32.2. The molecular formula is C12H11FN2S. The Morgan fingerprint density at radius 1 is 1.31 bits per heavy atom. The summed E-state index contributed by atoms with van der Waals surface area (Å²) in [4.78, 5) is 4.85. The van der Waals surface area contributed by atoms with Gasteiger partial charge < -0.3 is 5.73 Å². The van der Waals surface area contributed by atoms with Gasteiger partial charge in [0.25, 0.3) is 0 Å². The van der Waals surface area contributed by atoms with Gasteiger partial charge in [-0.3, -0.25) is 4.98 Å². The van der Waals surface area contributed by atoms with Crippen LogP contribution in [0.5, 0.6) is 0 Å². The van der Waals surface area contributed by atoms with Crippen molar-refractivity contribution in [3.63, 3.8) is 0 Å². The smallest absolute Gasteiger partial charge is 0.126 e. The van der Waals surface area contributed by atoms with Crippen molar-refractivity contribution in [3.8, 4) is 0 Å². The van der Waals surface area contributed by atoms with E-state index in [1.54, 1.807) is 30.2 Å². The normalized spacial score (nSPS) is 10.3. The molecule has 0 bridgehead atoms. The number of nitrogens with zero attached hydrogens (tertiary/aromatic N) is 1. The Kier molecular flexibility index (Phi) is 3.41. The molecule has 0 aliphatic carbocycles. The number of anilines is 1. The van der Waals surface area contributed by atoms with Crippen LogP contribution in [0.2, 0.25) is 0 Å². The SMILES string of the molecule is Nc1cc(F)cc(SCc2cccnc2)c1. The highest BCUT2D eigenvalue weighted by Crippen LogP contribution is 2.25. The number of thioether (sulfide) groups is 1. The van der Waals surface area contributed by atoms with Gasteiger partial charge in [0, 0.05) is 28.7 Å². The molecule has 0 fully saturated rings. The maximum atomic E-state index is 13.0. The largest absolute Gasteiger partial charge is 0.399 e. The number of halogens is 1. The Morgan fingerprint density at radius 3 is 2.88 bits per heavy atom. The molecule has 2 rings (SSSR count). The Bertz CT molecular complexity index is 453. The minimum Gasteiger partial charge on any atom is -0.399 e. The zero-order valence-electron chi connectivity index (χ0n) is 8.56. The summed E-state index contributed by atoms with van der Waals surface area (Å²) in [5.41, 5.74) is 7.12. The predicted octanol–water partition coefficient (Wildman–Crippen LogP) is 3.10. The summed E-state index contributed by atoms with van der Waals surface area (Å²) >= 11 is 1.54. The summed E-state index contributed by atoms with van der Waals surface area (Å²) in [6, 6.07) is 8.44. The number of rotatable bonds is 3. The van der Waals surface area contributed by atoms with Crippen LogP contribution in [0.25, 0.3) is 0 Å². The second kappa shape index (κ2) is 4.99. The van der Waals surface area contributed by atoms with Gasteiger partial charge in [-0.15, -0.1) is 11.8 Å². The van der Waals surface area contributed by atoms with E-state index >= 15 is 0 Å². The molecule has 0 radical (unpaired) electrons. The molecule has 0 saturated carbocycles. The van der Waals surface area contributed by atoms with E-state index in [-0.39, 0.29) is 5.82 Å². The molecular weight excluding hydrogens is 223 g/mol. The number of hydrogen-bond acceptors (Lipinski definition) is 3. The van der Waals surface area contributed by atoms with Gasteiger partial charge in [-0.25, -0.2) is 4.39 Å². The summed E-state index contributed by atoms with van der Waals surface area (Å²) in [7, 11) is 0. The zero-order chi connectivity index (χ0) is 11.4. The maximum absolute atomic E-state index is 13.0. The summed E-state index contributed by atoms with van der Waals surface area (Å²) < 4.78 is 13.0. The van der Waals surface area contributed by atoms with E-state index in [4.69, 9.17) is 5.73 Å². The van der Waals surface area contributed by atoms with Crippen LogP contribution in [-0.4, -0.2) is 4.98 Å². The molecule has 2 aromatic rings. The van der Waals surface area contributed by atoms with Crippen molar-refractivity contribution in [1.82, 2.24) is 4.98 Å². The molecule has 2 nitrogen and oxygen atoms in total. The van der Waals surface area contributed by atoms with Crippen molar-refractivity contribution in [2.24, 2.45) is 0 Å². The summed E-state index contributed by atoms with van der Waals surface area (Å²) in [5.74, 6) is 0.463. The molecule has 0 atom stereocenters. The highest BCUT2D eigenvalue weighted by Gasteiger charge is 2.00. The van der Waals surface area contributed by atoms with Crippen LogP contribution in [0.1, 0.15) is 5.56 Å². The van der Waals surface area contributed by atoms with Gasteiger partial charge in [-0.2, -0.15) is 0 Å². The fourth-order valence-corrected chi connectivity index (χ4v) is 2.24. The topological polar surface area (TPSA) is 38.9 Å². The van der Waals surface area contributed by atoms with E-state index in [1.165, 1.54) is 12.1 Å². The van der Waals surface area contributed by atoms with Crippen LogP contribution in [0.15, 0.2) is 47.6 Å². The Hall–Kier alpha value is -1.55. The molecule has 16 heavy (non-hydrogen) atoms. The van der Waals surface area contributed by atoms with E-state index in [0.29, 0.717) is 5.69 Å². The summed E-state index contributed by atoms with van der Waals surface area (Å²) in [5, 5.41) is 0. The third-order valence-corrected chi connectivity index (χ3v) is 3.07. The van der Waals surface area contributed by atoms with Crippen molar-refractivity contribution in [2.45, 2.75) is 10.6 Å². The fourth-order valence-electron chi connectivity index (χ4n) is 1.32. The standard InChI is InChI=1S/C12H11FN2S/c13-10-4-11(14)6-12(5-10)16-8-9-2-1-3-15-7-9/h1-7H,8,14H2. The van der Waals surface area contributed by atoms with E-state index in [0.717, 1.165) is 16.2 Å². The van der Waals surface area contributed by atoms with Crippen molar-refractivity contribution in [2.75, 3.05) is 5.73 Å². The Morgan fingerprint density at radius 2 is 2.19 bits per heavy atom. The number of hydrogen-bond donors (Lipinski definition) is 1. The fraction of sp³-hybridized carbons (Fsp3) is 0.0833. The molecule has 2 N–H and O–H groups in total. The average Bonchev–Trinajstić information content (AvgIpc) is 2.27. The van der Waals surface area contributed by atoms with Gasteiger partial charge in [0.05, 0.1) is 0 Å². The molecule has 0 saturated heterocycles. The first kappa shape index (κ1) is 11.0. The first-order chi connectivity index (χ1) is 7.74. The molecule has 0 amide bonds. The van der Waals surface area contributed by atoms with Crippen LogP contribution < -0.4 is 5.73 Å². The number of nitrogen functional groups attached to an aromatic ring is 1. The molecule has 0 aliphatic rings. The molecule has 0 unspecified atom stereocenters. The van der Waals surface area contributed by atoms with Crippen LogP contribution in [-0.2, 0) is 5.75 Å². The van der Waals surface area contributed by atoms with Crippen LogP contribution in [0.4, 0.5) is 10.1 Å². The molecule has 1 heterocycles. The van der Waals surface area contributed by atoms with Gasteiger partial charge in [0.15, 0.2) is 0 Å². The Balaban J connectivity index is 2.05. The van der Waals surface area contributed by atoms with Gasteiger partial charge in [0.2, 0.25) is 0 Å². The van der Waals surface area contributed by atoms with Crippen molar-refractivity contribution < 1.29 is 4.39 Å². The van der Waals surface area contributed by atoms with E-state index < -0.39 is 0 Å². The van der Waals surface area contributed by atoms with E-state index in [9.17, 15) is 4.39 Å². The van der Waals surface area contributed by atoms with Crippen molar-refractivity contribution in [3.05, 3.63) is 54.1 Å². The predicted molar refractivity (Wildman–Crippen MR) is 64.6 cm³/mol. The lowest BCUT2D eigenvalue weighted by molar-refractivity contribution is 0.625. The quantitative estimate of drug-likeness (QED) is 0.655. The maximum Gasteiger partial charge on any atom is 0.126 e. The molecule has 1 aromatic carbocycles. The van der Waals surface area contributed by atoms with Gasteiger partial charge in [0.1, 0.15) is 5.82 Å². The highest BCUT2D eigenvalue weighted by molar-refractivity contribution is 7.98. The lowest BCUT2D eigenvalue weighted by Gasteiger charge is -2.03. The molecule has 82 valence electrons. The molecule has 1 aromatic heterocycles. The third kappa shape index (κ3) is 2.97. The van der Waals surface area contributed by atoms with E-state index in [2.05, 4.69) is 4.98 Å². The first-order valence-corrected chi connectivity index (χ1v) is 5.80. The van der Waals surface area contributed by atoms with Gasteiger partial charge >= 0.3 is 0 Å². The lowest BCUT2D eigenvalue weighted by Crippen LogP contribution is -1.88. The number of pyridine rings is 1. The summed E-state index contributed by atoms with van der Waals surface area (Å²) in [6.45, 7) is 0. The third-order valence-electron chi connectivity index (χ3n) is 2.02. The Labute approximate surface area is 97.7 Å². The number of aromatic nitrogens is 1. The van der Waals surface area contributed by atoms with Crippen molar-refractivity contribution >= 4 is 17.4 Å². The van der Waals surface area contributed by atoms with Crippen LogP contribution >= 0.6 is 11.8 Å². The van der Waals surface area contributed by atoms with E-state index in [1.807, 2.05) is 12.1 Å².